The molecule has 0 radical (unpaired) electrons. The van der Waals surface area contributed by atoms with Gasteiger partial charge in [0.1, 0.15) is 11.9 Å². The fraction of sp³-hybridized carbons (Fsp3) is 0.214. The molecular formula is C14H14N6O3S. The summed E-state index contributed by atoms with van der Waals surface area (Å²) in [4.78, 5) is 25.6. The Morgan fingerprint density at radius 3 is 2.88 bits per heavy atom. The lowest BCUT2D eigenvalue weighted by Crippen LogP contribution is -2.24. The zero-order valence-corrected chi connectivity index (χ0v) is 13.5. The Labute approximate surface area is 140 Å². The maximum atomic E-state index is 11.9. The van der Waals surface area contributed by atoms with Crippen molar-refractivity contribution in [2.45, 2.75) is 11.7 Å². The molecule has 9 nitrogen and oxygen atoms in total. The molecule has 0 aliphatic carbocycles. The monoisotopic (exact) mass is 346 g/mol. The minimum Gasteiger partial charge on any atom is -0.497 e. The van der Waals surface area contributed by atoms with Crippen molar-refractivity contribution in [3.63, 3.8) is 0 Å². The van der Waals surface area contributed by atoms with Crippen LogP contribution in [-0.2, 0) is 11.3 Å². The molecule has 24 heavy (non-hydrogen) atoms. The van der Waals surface area contributed by atoms with E-state index < -0.39 is 0 Å². The summed E-state index contributed by atoms with van der Waals surface area (Å²) in [5.41, 5.74) is 0.616. The fourth-order valence-electron chi connectivity index (χ4n) is 1.92. The van der Waals surface area contributed by atoms with Crippen molar-refractivity contribution in [1.29, 1.82) is 0 Å². The van der Waals surface area contributed by atoms with Gasteiger partial charge in [0.2, 0.25) is 11.1 Å². The van der Waals surface area contributed by atoms with E-state index in [2.05, 4.69) is 25.6 Å². The number of carbonyl (C=O) groups excluding carboxylic acids is 1. The van der Waals surface area contributed by atoms with E-state index in [1.54, 1.807) is 7.11 Å². The summed E-state index contributed by atoms with van der Waals surface area (Å²) < 4.78 is 6.46. The Balaban J connectivity index is 1.53. The molecular weight excluding hydrogens is 332 g/mol. The first-order valence-corrected chi connectivity index (χ1v) is 7.97. The van der Waals surface area contributed by atoms with Gasteiger partial charge in [0.25, 0.3) is 11.3 Å². The van der Waals surface area contributed by atoms with Crippen molar-refractivity contribution < 1.29 is 9.53 Å². The normalized spacial score (nSPS) is 10.7. The van der Waals surface area contributed by atoms with E-state index in [1.165, 1.54) is 16.3 Å². The third-order valence-corrected chi connectivity index (χ3v) is 4.04. The number of aromatic amines is 1. The molecule has 2 heterocycles. The van der Waals surface area contributed by atoms with Crippen LogP contribution in [0.3, 0.4) is 0 Å². The highest BCUT2D eigenvalue weighted by atomic mass is 32.2. The number of hydrogen-bond acceptors (Lipinski definition) is 7. The molecule has 2 aromatic heterocycles. The van der Waals surface area contributed by atoms with Crippen LogP contribution < -0.4 is 15.6 Å². The lowest BCUT2D eigenvalue weighted by molar-refractivity contribution is -0.118. The van der Waals surface area contributed by atoms with Crippen molar-refractivity contribution in [2.75, 3.05) is 12.9 Å². The number of benzene rings is 1. The first kappa shape index (κ1) is 16.0. The molecule has 3 aromatic rings. The zero-order valence-electron chi connectivity index (χ0n) is 12.7. The number of nitrogens with one attached hydrogen (secondary N) is 2. The number of amides is 1. The third-order valence-electron chi connectivity index (χ3n) is 3.12. The minimum absolute atomic E-state index is 0.142. The van der Waals surface area contributed by atoms with Gasteiger partial charge in [0, 0.05) is 6.54 Å². The Kier molecular flexibility index (Phi) is 4.75. The fourth-order valence-corrected chi connectivity index (χ4v) is 2.63. The van der Waals surface area contributed by atoms with Crippen LogP contribution >= 0.6 is 11.8 Å². The van der Waals surface area contributed by atoms with E-state index in [4.69, 9.17) is 4.74 Å². The zero-order chi connectivity index (χ0) is 16.9. The van der Waals surface area contributed by atoms with Crippen LogP contribution in [0.1, 0.15) is 5.56 Å². The summed E-state index contributed by atoms with van der Waals surface area (Å²) in [5.74, 6) is 1.03. The molecule has 1 amide bonds. The van der Waals surface area contributed by atoms with E-state index in [-0.39, 0.29) is 23.0 Å². The first-order valence-electron chi connectivity index (χ1n) is 6.99. The van der Waals surface area contributed by atoms with Gasteiger partial charge in [-0.3, -0.25) is 14.6 Å². The standard InChI is InChI=1S/C14H14N6O3S/c1-23-10-4-2-9(3-5-10)6-15-12(22)8-24-14-19-18-13-17-11(21)7-16-20(13)14/h2-5,7H,6,8H2,1H3,(H,15,22)(H,17,18,21). The van der Waals surface area contributed by atoms with Gasteiger partial charge in [-0.05, 0) is 17.7 Å². The molecule has 124 valence electrons. The number of H-pyrrole nitrogens is 1. The second-order valence-electron chi connectivity index (χ2n) is 4.77. The van der Waals surface area contributed by atoms with Crippen LogP contribution in [0, 0.1) is 0 Å². The first-order chi connectivity index (χ1) is 11.7. The van der Waals surface area contributed by atoms with Gasteiger partial charge in [-0.2, -0.15) is 9.61 Å². The van der Waals surface area contributed by atoms with Crippen LogP contribution in [-0.4, -0.2) is 43.6 Å². The summed E-state index contributed by atoms with van der Waals surface area (Å²) in [6.45, 7) is 0.426. The van der Waals surface area contributed by atoms with Gasteiger partial charge in [-0.1, -0.05) is 23.9 Å². The lowest BCUT2D eigenvalue weighted by Gasteiger charge is -2.05. The van der Waals surface area contributed by atoms with E-state index in [9.17, 15) is 9.59 Å². The maximum Gasteiger partial charge on any atom is 0.271 e. The highest BCUT2D eigenvalue weighted by Crippen LogP contribution is 2.14. The summed E-state index contributed by atoms with van der Waals surface area (Å²) in [5, 5.41) is 14.9. The quantitative estimate of drug-likeness (QED) is 0.614. The number of fused-ring (bicyclic) bond motifs is 1. The Morgan fingerprint density at radius 1 is 1.33 bits per heavy atom. The van der Waals surface area contributed by atoms with E-state index in [0.29, 0.717) is 11.7 Å². The number of carbonyl (C=O) groups is 1. The molecule has 0 bridgehead atoms. The van der Waals surface area contributed by atoms with Crippen molar-refractivity contribution in [3.8, 4) is 5.75 Å². The molecule has 0 aliphatic rings. The second kappa shape index (κ2) is 7.13. The number of rotatable bonds is 6. The van der Waals surface area contributed by atoms with Gasteiger partial charge < -0.3 is 10.1 Å². The van der Waals surface area contributed by atoms with Crippen LogP contribution in [0.25, 0.3) is 5.78 Å². The maximum absolute atomic E-state index is 11.9. The van der Waals surface area contributed by atoms with Crippen LogP contribution in [0.2, 0.25) is 0 Å². The van der Waals surface area contributed by atoms with Gasteiger partial charge in [0.15, 0.2) is 0 Å². The molecule has 0 spiro atoms. The van der Waals surface area contributed by atoms with Crippen molar-refractivity contribution in [2.24, 2.45) is 0 Å². The summed E-state index contributed by atoms with van der Waals surface area (Å²) >= 11 is 1.18. The van der Waals surface area contributed by atoms with Gasteiger partial charge in [-0.25, -0.2) is 0 Å². The lowest BCUT2D eigenvalue weighted by atomic mass is 10.2. The topological polar surface area (TPSA) is 114 Å². The predicted molar refractivity (Wildman–Crippen MR) is 87.0 cm³/mol. The molecule has 0 fully saturated rings. The number of ether oxygens (including phenoxy) is 1. The SMILES string of the molecule is COc1ccc(CNC(=O)CSc2nnc3[nH]c(=O)cnn23)cc1. The number of thioether (sulfide) groups is 1. The number of aromatic nitrogens is 5. The third kappa shape index (κ3) is 3.71. The Morgan fingerprint density at radius 2 is 2.12 bits per heavy atom. The summed E-state index contributed by atoms with van der Waals surface area (Å²) in [6, 6.07) is 7.45. The van der Waals surface area contributed by atoms with E-state index in [0.717, 1.165) is 17.5 Å². The van der Waals surface area contributed by atoms with Gasteiger partial charge >= 0.3 is 0 Å². The molecule has 0 saturated heterocycles. The van der Waals surface area contributed by atoms with E-state index in [1.807, 2.05) is 24.3 Å². The predicted octanol–water partition coefficient (Wildman–Crippen LogP) is 0.230. The molecule has 0 aliphatic heterocycles. The molecule has 2 N–H and O–H groups in total. The number of methoxy groups -OCH3 is 1. The second-order valence-corrected chi connectivity index (χ2v) is 5.71. The summed E-state index contributed by atoms with van der Waals surface area (Å²) in [6.07, 6.45) is 1.13. The van der Waals surface area contributed by atoms with Crippen LogP contribution in [0.15, 0.2) is 40.4 Å². The molecule has 3 rings (SSSR count). The molecule has 0 atom stereocenters. The largest absolute Gasteiger partial charge is 0.497 e. The van der Waals surface area contributed by atoms with Crippen molar-refractivity contribution in [3.05, 3.63) is 46.4 Å². The molecule has 0 unspecified atom stereocenters. The Hall–Kier alpha value is -2.88. The van der Waals surface area contributed by atoms with Crippen LogP contribution in [0.4, 0.5) is 0 Å². The average Bonchev–Trinajstić information content (AvgIpc) is 3.00. The smallest absolute Gasteiger partial charge is 0.271 e. The van der Waals surface area contributed by atoms with Crippen LogP contribution in [0.5, 0.6) is 5.75 Å². The minimum atomic E-state index is -0.358. The highest BCUT2D eigenvalue weighted by Gasteiger charge is 2.10. The summed E-state index contributed by atoms with van der Waals surface area (Å²) in [7, 11) is 1.60. The van der Waals surface area contributed by atoms with Crippen molar-refractivity contribution in [1.82, 2.24) is 30.1 Å². The average molecular weight is 346 g/mol. The molecule has 10 heteroatoms. The molecule has 0 saturated carbocycles. The molecule has 1 aromatic carbocycles. The number of nitrogens with zero attached hydrogens (tertiary/aromatic N) is 4. The Bertz CT molecular complexity index is 905. The van der Waals surface area contributed by atoms with E-state index >= 15 is 0 Å². The van der Waals surface area contributed by atoms with Crippen molar-refractivity contribution >= 4 is 23.4 Å². The van der Waals surface area contributed by atoms with Gasteiger partial charge in [0.05, 0.1) is 12.9 Å². The van der Waals surface area contributed by atoms with Gasteiger partial charge in [-0.15, -0.1) is 10.2 Å². The number of hydrogen-bond donors (Lipinski definition) is 2. The highest BCUT2D eigenvalue weighted by molar-refractivity contribution is 7.99.